The quantitative estimate of drug-likeness (QED) is 0.552. The largest absolute Gasteiger partial charge is 0.152 e. The van der Waals surface area contributed by atoms with E-state index in [1.54, 1.807) is 11.3 Å². The summed E-state index contributed by atoms with van der Waals surface area (Å²) in [5.41, 5.74) is 1.29. The zero-order chi connectivity index (χ0) is 9.78. The van der Waals surface area contributed by atoms with Crippen LogP contribution in [0, 0.1) is 0 Å². The zero-order valence-corrected chi connectivity index (χ0v) is 8.88. The molecule has 0 spiro atoms. The maximum atomic E-state index is 7.52. The second-order valence-corrected chi connectivity index (χ2v) is 3.92. The zero-order valence-electron chi connectivity index (χ0n) is 9.06. The molecular formula is C10H18S. The Bertz CT molecular complexity index is 220. The van der Waals surface area contributed by atoms with Crippen LogP contribution in [0.1, 0.15) is 41.6 Å². The second kappa shape index (κ2) is 4.55. The van der Waals surface area contributed by atoms with Gasteiger partial charge in [0.2, 0.25) is 0 Å². The summed E-state index contributed by atoms with van der Waals surface area (Å²) in [4.78, 5) is 0. The van der Waals surface area contributed by atoms with E-state index in [1.807, 2.05) is 19.2 Å². The van der Waals surface area contributed by atoms with Crippen LogP contribution in [0.4, 0.5) is 0 Å². The van der Waals surface area contributed by atoms with Gasteiger partial charge in [-0.25, -0.2) is 0 Å². The van der Waals surface area contributed by atoms with Gasteiger partial charge in [-0.1, -0.05) is 34.6 Å². The normalized spacial score (nSPS) is 11.5. The van der Waals surface area contributed by atoms with Crippen LogP contribution < -0.4 is 0 Å². The molecule has 1 heteroatoms. The molecular weight excluding hydrogens is 152 g/mol. The first-order chi connectivity index (χ1) is 5.52. The van der Waals surface area contributed by atoms with Crippen LogP contribution in [-0.4, -0.2) is 0 Å². The second-order valence-electron chi connectivity index (χ2n) is 3.18. The number of hydrogen-bond donors (Lipinski definition) is 0. The fourth-order valence-corrected chi connectivity index (χ4v) is 1.45. The standard InChI is InChI=1S/C8H12S.C2H6/c1-8(2,3)7-4-5-9-6-7;1-2/h4-6H,1-3H3;1-2H3/i4D;. The summed E-state index contributed by atoms with van der Waals surface area (Å²) < 4.78 is 7.52. The van der Waals surface area contributed by atoms with E-state index in [9.17, 15) is 0 Å². The summed E-state index contributed by atoms with van der Waals surface area (Å²) in [5.74, 6) is 0. The molecule has 0 unspecified atom stereocenters. The van der Waals surface area contributed by atoms with Crippen LogP contribution in [-0.2, 0) is 5.41 Å². The third kappa shape index (κ3) is 3.57. The van der Waals surface area contributed by atoms with Gasteiger partial charge in [-0.3, -0.25) is 0 Å². The van der Waals surface area contributed by atoms with E-state index in [1.165, 1.54) is 0 Å². The molecule has 0 saturated heterocycles. The first-order valence-corrected chi connectivity index (χ1v) is 4.99. The third-order valence-corrected chi connectivity index (χ3v) is 1.90. The smallest absolute Gasteiger partial charge is 0.0635 e. The molecule has 11 heavy (non-hydrogen) atoms. The Morgan fingerprint density at radius 1 is 1.36 bits per heavy atom. The van der Waals surface area contributed by atoms with Crippen LogP contribution in [0.5, 0.6) is 0 Å². The monoisotopic (exact) mass is 171 g/mol. The predicted octanol–water partition coefficient (Wildman–Crippen LogP) is 4.07. The number of hydrogen-bond acceptors (Lipinski definition) is 1. The SMILES string of the molecule is CC.[2H]c1cscc1C(C)(C)C. The van der Waals surface area contributed by atoms with Gasteiger partial charge in [0.1, 0.15) is 0 Å². The molecule has 0 N–H and O–H groups in total. The first-order valence-electron chi connectivity index (χ1n) is 4.55. The topological polar surface area (TPSA) is 0 Å². The van der Waals surface area contributed by atoms with E-state index in [-0.39, 0.29) is 5.41 Å². The Labute approximate surface area is 75.7 Å². The Kier molecular flexibility index (Phi) is 3.64. The molecule has 0 aromatic carbocycles. The van der Waals surface area contributed by atoms with Gasteiger partial charge in [0.05, 0.1) is 1.37 Å². The maximum Gasteiger partial charge on any atom is 0.0635 e. The molecule has 1 heterocycles. The summed E-state index contributed by atoms with van der Waals surface area (Å²) in [5, 5.41) is 3.93. The Morgan fingerprint density at radius 3 is 2.09 bits per heavy atom. The van der Waals surface area contributed by atoms with Gasteiger partial charge in [0.25, 0.3) is 0 Å². The van der Waals surface area contributed by atoms with Crippen molar-refractivity contribution < 1.29 is 1.37 Å². The van der Waals surface area contributed by atoms with Crippen molar-refractivity contribution in [1.29, 1.82) is 0 Å². The molecule has 0 saturated carbocycles. The van der Waals surface area contributed by atoms with Gasteiger partial charge in [0, 0.05) is 0 Å². The molecule has 1 rings (SSSR count). The molecule has 1 aromatic heterocycles. The van der Waals surface area contributed by atoms with Crippen LogP contribution in [0.15, 0.2) is 16.8 Å². The van der Waals surface area contributed by atoms with E-state index in [4.69, 9.17) is 1.37 Å². The van der Waals surface area contributed by atoms with Crippen molar-refractivity contribution in [3.05, 3.63) is 22.4 Å². The lowest BCUT2D eigenvalue weighted by Crippen LogP contribution is -2.08. The lowest BCUT2D eigenvalue weighted by Gasteiger charge is -2.15. The Hall–Kier alpha value is -0.300. The number of rotatable bonds is 0. The fourth-order valence-electron chi connectivity index (χ4n) is 0.627. The molecule has 1 aromatic rings. The maximum absolute atomic E-state index is 7.52. The van der Waals surface area contributed by atoms with Gasteiger partial charge in [-0.2, -0.15) is 11.3 Å². The third-order valence-electron chi connectivity index (χ3n) is 1.28. The van der Waals surface area contributed by atoms with E-state index in [0.29, 0.717) is 6.04 Å². The summed E-state index contributed by atoms with van der Waals surface area (Å²) in [6.45, 7) is 10.4. The molecule has 0 aliphatic heterocycles. The summed E-state index contributed by atoms with van der Waals surface area (Å²) in [6, 6.07) is 0.678. The van der Waals surface area contributed by atoms with Crippen molar-refractivity contribution in [3.63, 3.8) is 0 Å². The van der Waals surface area contributed by atoms with E-state index in [2.05, 4.69) is 26.2 Å². The molecule has 0 aliphatic carbocycles. The minimum atomic E-state index is 0.136. The lowest BCUT2D eigenvalue weighted by atomic mass is 9.90. The van der Waals surface area contributed by atoms with Crippen LogP contribution in [0.25, 0.3) is 0 Å². The van der Waals surface area contributed by atoms with Gasteiger partial charge >= 0.3 is 0 Å². The van der Waals surface area contributed by atoms with Gasteiger partial charge in [-0.15, -0.1) is 0 Å². The highest BCUT2D eigenvalue weighted by Gasteiger charge is 2.12. The van der Waals surface area contributed by atoms with Gasteiger partial charge in [0.15, 0.2) is 0 Å². The molecule has 0 bridgehead atoms. The van der Waals surface area contributed by atoms with Crippen molar-refractivity contribution >= 4 is 11.3 Å². The molecule has 0 aliphatic rings. The first kappa shape index (κ1) is 8.79. The van der Waals surface area contributed by atoms with Crippen LogP contribution >= 0.6 is 11.3 Å². The molecule has 0 amide bonds. The fraction of sp³-hybridized carbons (Fsp3) is 0.600. The minimum Gasteiger partial charge on any atom is -0.152 e. The molecule has 0 fully saturated rings. The van der Waals surface area contributed by atoms with E-state index >= 15 is 0 Å². The van der Waals surface area contributed by atoms with Crippen molar-refractivity contribution in [3.8, 4) is 0 Å². The van der Waals surface area contributed by atoms with E-state index in [0.717, 1.165) is 5.56 Å². The highest BCUT2D eigenvalue weighted by molar-refractivity contribution is 7.08. The van der Waals surface area contributed by atoms with Crippen molar-refractivity contribution in [2.45, 2.75) is 40.0 Å². The summed E-state index contributed by atoms with van der Waals surface area (Å²) >= 11 is 1.61. The Balaban J connectivity index is 0.000000561. The minimum absolute atomic E-state index is 0.136. The van der Waals surface area contributed by atoms with E-state index < -0.39 is 0 Å². The highest BCUT2D eigenvalue weighted by Crippen LogP contribution is 2.23. The predicted molar refractivity (Wildman–Crippen MR) is 54.4 cm³/mol. The van der Waals surface area contributed by atoms with Gasteiger partial charge < -0.3 is 0 Å². The molecule has 0 radical (unpaired) electrons. The highest BCUT2D eigenvalue weighted by atomic mass is 32.1. The van der Waals surface area contributed by atoms with Crippen molar-refractivity contribution in [2.75, 3.05) is 0 Å². The molecule has 64 valence electrons. The molecule has 0 nitrogen and oxygen atoms in total. The average Bonchev–Trinajstić information content (AvgIpc) is 2.38. The van der Waals surface area contributed by atoms with Crippen molar-refractivity contribution in [2.24, 2.45) is 0 Å². The number of thiophene rings is 1. The molecule has 0 atom stereocenters. The summed E-state index contributed by atoms with van der Waals surface area (Å²) in [7, 11) is 0. The van der Waals surface area contributed by atoms with Gasteiger partial charge in [-0.05, 0) is 27.8 Å². The lowest BCUT2D eigenvalue weighted by molar-refractivity contribution is 0.593. The average molecular weight is 171 g/mol. The Morgan fingerprint density at radius 2 is 1.91 bits per heavy atom. The van der Waals surface area contributed by atoms with Crippen LogP contribution in [0.2, 0.25) is 0 Å². The summed E-state index contributed by atoms with van der Waals surface area (Å²) in [6.07, 6.45) is 0. The van der Waals surface area contributed by atoms with Crippen molar-refractivity contribution in [1.82, 2.24) is 0 Å². The van der Waals surface area contributed by atoms with Crippen LogP contribution in [0.3, 0.4) is 0 Å².